The molecule has 3 N–H and O–H groups in total. The summed E-state index contributed by atoms with van der Waals surface area (Å²) in [5.41, 5.74) is 7.21. The highest BCUT2D eigenvalue weighted by atomic mass is 19.1. The van der Waals surface area contributed by atoms with E-state index in [1.165, 1.54) is 18.2 Å². The molecule has 0 aliphatic carbocycles. The predicted molar refractivity (Wildman–Crippen MR) is 74.3 cm³/mol. The number of hydrogen-bond donors (Lipinski definition) is 2. The molecule has 0 saturated carbocycles. The quantitative estimate of drug-likeness (QED) is 0.843. The third-order valence-corrected chi connectivity index (χ3v) is 2.71. The first-order valence-corrected chi connectivity index (χ1v) is 6.13. The van der Waals surface area contributed by atoms with Gasteiger partial charge in [-0.05, 0) is 23.8 Å². The number of rotatable bonds is 4. The second-order valence-electron chi connectivity index (χ2n) is 4.27. The van der Waals surface area contributed by atoms with E-state index in [1.54, 1.807) is 0 Å². The highest BCUT2D eigenvalue weighted by Gasteiger charge is 2.06. The summed E-state index contributed by atoms with van der Waals surface area (Å²) in [5.74, 6) is -0.414. The summed E-state index contributed by atoms with van der Waals surface area (Å²) < 4.78 is 18.4. The lowest BCUT2D eigenvalue weighted by Gasteiger charge is -2.08. The van der Waals surface area contributed by atoms with Crippen LogP contribution in [-0.2, 0) is 17.9 Å². The summed E-state index contributed by atoms with van der Waals surface area (Å²) >= 11 is 0. The predicted octanol–water partition coefficient (Wildman–Crippen LogP) is 2.83. The summed E-state index contributed by atoms with van der Waals surface area (Å²) in [5, 5.41) is 2.48. The van der Waals surface area contributed by atoms with Gasteiger partial charge in [0.05, 0.1) is 0 Å². The fraction of sp³-hybridized carbons (Fsp3) is 0.133. The van der Waals surface area contributed by atoms with Crippen LogP contribution in [-0.4, -0.2) is 6.09 Å². The van der Waals surface area contributed by atoms with Crippen molar-refractivity contribution in [1.29, 1.82) is 0 Å². The maximum absolute atomic E-state index is 13.4. The summed E-state index contributed by atoms with van der Waals surface area (Å²) in [7, 11) is 0. The Balaban J connectivity index is 1.82. The van der Waals surface area contributed by atoms with Gasteiger partial charge in [0.15, 0.2) is 0 Å². The van der Waals surface area contributed by atoms with E-state index < -0.39 is 11.9 Å². The van der Waals surface area contributed by atoms with Gasteiger partial charge in [-0.3, -0.25) is 0 Å². The molecular formula is C15H15FN2O2. The number of carbonyl (C=O) groups is 1. The van der Waals surface area contributed by atoms with E-state index in [2.05, 4.69) is 5.32 Å². The molecule has 0 aromatic heterocycles. The van der Waals surface area contributed by atoms with Crippen LogP contribution < -0.4 is 11.1 Å². The Hall–Kier alpha value is -2.56. The van der Waals surface area contributed by atoms with Crippen molar-refractivity contribution in [3.63, 3.8) is 0 Å². The minimum absolute atomic E-state index is 0.0322. The molecule has 1 amide bonds. The zero-order valence-corrected chi connectivity index (χ0v) is 10.8. The van der Waals surface area contributed by atoms with Crippen molar-refractivity contribution in [2.45, 2.75) is 13.2 Å². The highest BCUT2D eigenvalue weighted by Crippen LogP contribution is 2.11. The summed E-state index contributed by atoms with van der Waals surface area (Å²) in [4.78, 5) is 11.5. The third-order valence-electron chi connectivity index (χ3n) is 2.71. The Morgan fingerprint density at radius 2 is 1.95 bits per heavy atom. The van der Waals surface area contributed by atoms with Crippen LogP contribution >= 0.6 is 0 Å². The maximum atomic E-state index is 13.4. The molecule has 0 radical (unpaired) electrons. The molecule has 4 nitrogen and oxygen atoms in total. The van der Waals surface area contributed by atoms with Crippen molar-refractivity contribution in [2.75, 3.05) is 5.73 Å². The smallest absolute Gasteiger partial charge is 0.407 e. The van der Waals surface area contributed by atoms with E-state index in [0.29, 0.717) is 11.3 Å². The normalized spacial score (nSPS) is 10.1. The first kappa shape index (κ1) is 13.9. The molecule has 20 heavy (non-hydrogen) atoms. The molecule has 104 valence electrons. The standard InChI is InChI=1S/C15H15FN2O2/c16-14-7-6-13(17)8-12(14)9-18-15(19)20-10-11-4-2-1-3-5-11/h1-8H,9-10,17H2,(H,18,19). The van der Waals surface area contributed by atoms with Gasteiger partial charge in [0.25, 0.3) is 0 Å². The van der Waals surface area contributed by atoms with Gasteiger partial charge in [0, 0.05) is 17.8 Å². The molecule has 0 bridgehead atoms. The lowest BCUT2D eigenvalue weighted by Crippen LogP contribution is -2.24. The number of amides is 1. The number of nitrogens with two attached hydrogens (primary N) is 1. The third kappa shape index (κ3) is 3.98. The van der Waals surface area contributed by atoms with Gasteiger partial charge in [-0.15, -0.1) is 0 Å². The zero-order chi connectivity index (χ0) is 14.4. The Bertz CT molecular complexity index is 588. The molecule has 0 heterocycles. The molecule has 0 aliphatic rings. The van der Waals surface area contributed by atoms with Crippen LogP contribution in [0, 0.1) is 5.82 Å². The number of carbonyl (C=O) groups excluding carboxylic acids is 1. The van der Waals surface area contributed by atoms with Gasteiger partial charge in [-0.25, -0.2) is 9.18 Å². The number of nitrogen functional groups attached to an aromatic ring is 1. The topological polar surface area (TPSA) is 64.3 Å². The first-order chi connectivity index (χ1) is 9.65. The van der Waals surface area contributed by atoms with Gasteiger partial charge >= 0.3 is 6.09 Å². The lowest BCUT2D eigenvalue weighted by atomic mass is 10.2. The number of halogens is 1. The maximum Gasteiger partial charge on any atom is 0.407 e. The molecular weight excluding hydrogens is 259 g/mol. The van der Waals surface area contributed by atoms with E-state index in [4.69, 9.17) is 10.5 Å². The van der Waals surface area contributed by atoms with Crippen LogP contribution in [0.1, 0.15) is 11.1 Å². The Morgan fingerprint density at radius 3 is 2.70 bits per heavy atom. The Kier molecular flexibility index (Phi) is 4.55. The van der Waals surface area contributed by atoms with Gasteiger partial charge in [0.2, 0.25) is 0 Å². The van der Waals surface area contributed by atoms with Crippen molar-refractivity contribution in [1.82, 2.24) is 5.32 Å². The van der Waals surface area contributed by atoms with E-state index in [1.807, 2.05) is 30.3 Å². The van der Waals surface area contributed by atoms with Gasteiger partial charge in [-0.2, -0.15) is 0 Å². The van der Waals surface area contributed by atoms with E-state index in [0.717, 1.165) is 5.56 Å². The van der Waals surface area contributed by atoms with Crippen LogP contribution in [0.15, 0.2) is 48.5 Å². The second kappa shape index (κ2) is 6.56. The monoisotopic (exact) mass is 274 g/mol. The second-order valence-corrected chi connectivity index (χ2v) is 4.27. The number of anilines is 1. The van der Waals surface area contributed by atoms with E-state index >= 15 is 0 Å². The van der Waals surface area contributed by atoms with Gasteiger partial charge in [0.1, 0.15) is 12.4 Å². The first-order valence-electron chi connectivity index (χ1n) is 6.13. The molecule has 0 unspecified atom stereocenters. The molecule has 0 fully saturated rings. The zero-order valence-electron chi connectivity index (χ0n) is 10.8. The number of nitrogens with one attached hydrogen (secondary N) is 1. The summed E-state index contributed by atoms with van der Waals surface area (Å²) in [6, 6.07) is 13.5. The minimum atomic E-state index is -0.601. The van der Waals surface area contributed by atoms with Crippen molar-refractivity contribution in [2.24, 2.45) is 0 Å². The van der Waals surface area contributed by atoms with Crippen LogP contribution in [0.3, 0.4) is 0 Å². The SMILES string of the molecule is Nc1ccc(F)c(CNC(=O)OCc2ccccc2)c1. The molecule has 0 aliphatic heterocycles. The average Bonchev–Trinajstić information content (AvgIpc) is 2.47. The Morgan fingerprint density at radius 1 is 1.20 bits per heavy atom. The van der Waals surface area contributed by atoms with Crippen molar-refractivity contribution in [3.8, 4) is 0 Å². The van der Waals surface area contributed by atoms with Gasteiger partial charge < -0.3 is 15.8 Å². The molecule has 2 aromatic rings. The van der Waals surface area contributed by atoms with E-state index in [9.17, 15) is 9.18 Å². The summed E-state index contributed by atoms with van der Waals surface area (Å²) in [6.45, 7) is 0.205. The van der Waals surface area contributed by atoms with Crippen LogP contribution in [0.5, 0.6) is 0 Å². The van der Waals surface area contributed by atoms with Crippen molar-refractivity contribution in [3.05, 3.63) is 65.5 Å². The number of alkyl carbamates (subject to hydrolysis) is 1. The van der Waals surface area contributed by atoms with Crippen LogP contribution in [0.4, 0.5) is 14.9 Å². The van der Waals surface area contributed by atoms with Crippen molar-refractivity contribution < 1.29 is 13.9 Å². The lowest BCUT2D eigenvalue weighted by molar-refractivity contribution is 0.139. The van der Waals surface area contributed by atoms with Gasteiger partial charge in [-0.1, -0.05) is 30.3 Å². The molecule has 0 spiro atoms. The fourth-order valence-corrected chi connectivity index (χ4v) is 1.67. The minimum Gasteiger partial charge on any atom is -0.445 e. The average molecular weight is 274 g/mol. The molecule has 2 rings (SSSR count). The van der Waals surface area contributed by atoms with E-state index in [-0.39, 0.29) is 13.2 Å². The molecule has 2 aromatic carbocycles. The molecule has 0 saturated heterocycles. The number of ether oxygens (including phenoxy) is 1. The largest absolute Gasteiger partial charge is 0.445 e. The van der Waals surface area contributed by atoms with Crippen LogP contribution in [0.2, 0.25) is 0 Å². The summed E-state index contributed by atoms with van der Waals surface area (Å²) in [6.07, 6.45) is -0.601. The number of benzene rings is 2. The highest BCUT2D eigenvalue weighted by molar-refractivity contribution is 5.67. The van der Waals surface area contributed by atoms with Crippen molar-refractivity contribution >= 4 is 11.8 Å². The fourth-order valence-electron chi connectivity index (χ4n) is 1.67. The molecule has 0 atom stereocenters. The Labute approximate surface area is 116 Å². The number of hydrogen-bond acceptors (Lipinski definition) is 3. The molecule has 5 heteroatoms. The van der Waals surface area contributed by atoms with Crippen LogP contribution in [0.25, 0.3) is 0 Å².